The number of fused-ring (bicyclic) bond motifs is 2. The van der Waals surface area contributed by atoms with Crippen LogP contribution in [0.25, 0.3) is 78.0 Å². The Morgan fingerprint density at radius 3 is 1.29 bits per heavy atom. The van der Waals surface area contributed by atoms with Gasteiger partial charge < -0.3 is 0 Å². The standard InChI is InChI=1S/C45H35N3/c1-45(2,3)39-25-24-30-18-21-36(28-38(30)29-39)41-17-11-10-16-40(41)35-22-19-34-27-37(23-20-33(34)26-35)44-47-42(31-12-6-4-7-13-31)46-43(48-44)32-14-8-5-9-15-32/h4-29H,1-3H3. The molecule has 0 radical (unpaired) electrons. The van der Waals surface area contributed by atoms with Crippen molar-refractivity contribution in [3.05, 3.63) is 163 Å². The van der Waals surface area contributed by atoms with Gasteiger partial charge in [0.1, 0.15) is 0 Å². The average Bonchev–Trinajstić information content (AvgIpc) is 3.14. The second-order valence-corrected chi connectivity index (χ2v) is 13.4. The fourth-order valence-electron chi connectivity index (χ4n) is 6.36. The maximum absolute atomic E-state index is 4.93. The molecular weight excluding hydrogens is 583 g/mol. The van der Waals surface area contributed by atoms with Crippen LogP contribution in [0.2, 0.25) is 0 Å². The van der Waals surface area contributed by atoms with Crippen LogP contribution in [0, 0.1) is 0 Å². The number of aromatic nitrogens is 3. The number of rotatable bonds is 5. The Hall–Kier alpha value is -5.93. The molecule has 7 aromatic carbocycles. The second kappa shape index (κ2) is 12.0. The number of hydrogen-bond donors (Lipinski definition) is 0. The van der Waals surface area contributed by atoms with Crippen molar-refractivity contribution in [3.63, 3.8) is 0 Å². The molecule has 0 saturated heterocycles. The highest BCUT2D eigenvalue weighted by Crippen LogP contribution is 2.36. The molecule has 0 aliphatic heterocycles. The van der Waals surface area contributed by atoms with Crippen LogP contribution in [-0.2, 0) is 5.41 Å². The molecule has 8 rings (SSSR count). The maximum Gasteiger partial charge on any atom is 0.164 e. The lowest BCUT2D eigenvalue weighted by molar-refractivity contribution is 0.591. The van der Waals surface area contributed by atoms with Gasteiger partial charge in [-0.1, -0.05) is 160 Å². The van der Waals surface area contributed by atoms with Crippen molar-refractivity contribution in [2.75, 3.05) is 0 Å². The minimum Gasteiger partial charge on any atom is -0.208 e. The van der Waals surface area contributed by atoms with Crippen molar-refractivity contribution in [2.45, 2.75) is 26.2 Å². The fraction of sp³-hybridized carbons (Fsp3) is 0.0889. The number of hydrogen-bond acceptors (Lipinski definition) is 3. The van der Waals surface area contributed by atoms with E-state index in [9.17, 15) is 0 Å². The molecule has 1 aromatic heterocycles. The van der Waals surface area contributed by atoms with E-state index < -0.39 is 0 Å². The molecule has 0 aliphatic carbocycles. The Morgan fingerprint density at radius 2 is 0.750 bits per heavy atom. The highest BCUT2D eigenvalue weighted by molar-refractivity contribution is 5.95. The van der Waals surface area contributed by atoms with Crippen molar-refractivity contribution in [1.29, 1.82) is 0 Å². The van der Waals surface area contributed by atoms with E-state index in [1.807, 2.05) is 60.7 Å². The summed E-state index contributed by atoms with van der Waals surface area (Å²) in [6.45, 7) is 6.80. The van der Waals surface area contributed by atoms with E-state index in [1.165, 1.54) is 44.0 Å². The van der Waals surface area contributed by atoms with Crippen LogP contribution >= 0.6 is 0 Å². The summed E-state index contributed by atoms with van der Waals surface area (Å²) in [5.41, 5.74) is 9.18. The van der Waals surface area contributed by atoms with Crippen molar-refractivity contribution < 1.29 is 0 Å². The smallest absolute Gasteiger partial charge is 0.164 e. The minimum absolute atomic E-state index is 0.102. The van der Waals surface area contributed by atoms with Crippen molar-refractivity contribution in [1.82, 2.24) is 15.0 Å². The summed E-state index contributed by atoms with van der Waals surface area (Å²) in [7, 11) is 0. The molecular formula is C45H35N3. The summed E-state index contributed by atoms with van der Waals surface area (Å²) in [6.07, 6.45) is 0. The van der Waals surface area contributed by atoms with Gasteiger partial charge in [0.25, 0.3) is 0 Å². The van der Waals surface area contributed by atoms with Crippen molar-refractivity contribution >= 4 is 21.5 Å². The van der Waals surface area contributed by atoms with Gasteiger partial charge in [0.05, 0.1) is 0 Å². The summed E-state index contributed by atoms with van der Waals surface area (Å²) < 4.78 is 0. The summed E-state index contributed by atoms with van der Waals surface area (Å²) in [5.74, 6) is 1.98. The van der Waals surface area contributed by atoms with Gasteiger partial charge >= 0.3 is 0 Å². The highest BCUT2D eigenvalue weighted by Gasteiger charge is 2.16. The quantitative estimate of drug-likeness (QED) is 0.193. The largest absolute Gasteiger partial charge is 0.208 e. The average molecular weight is 618 g/mol. The topological polar surface area (TPSA) is 38.7 Å². The van der Waals surface area contributed by atoms with E-state index in [4.69, 9.17) is 15.0 Å². The molecule has 0 saturated carbocycles. The summed E-state index contributed by atoms with van der Waals surface area (Å²) in [6, 6.07) is 55.7. The zero-order valence-corrected chi connectivity index (χ0v) is 27.4. The lowest BCUT2D eigenvalue weighted by Crippen LogP contribution is -2.10. The molecule has 48 heavy (non-hydrogen) atoms. The van der Waals surface area contributed by atoms with E-state index in [1.54, 1.807) is 0 Å². The van der Waals surface area contributed by atoms with E-state index in [-0.39, 0.29) is 5.41 Å². The molecule has 8 aromatic rings. The first-order valence-electron chi connectivity index (χ1n) is 16.4. The molecule has 0 bridgehead atoms. The third kappa shape index (κ3) is 5.76. The Bertz CT molecular complexity index is 2370. The van der Waals surface area contributed by atoms with Crippen LogP contribution in [0.15, 0.2) is 158 Å². The van der Waals surface area contributed by atoms with Gasteiger partial charge in [-0.05, 0) is 73.0 Å². The monoisotopic (exact) mass is 617 g/mol. The Kier molecular flexibility index (Phi) is 7.38. The molecule has 3 heteroatoms. The molecule has 230 valence electrons. The third-order valence-electron chi connectivity index (χ3n) is 9.05. The molecule has 0 spiro atoms. The molecule has 0 amide bonds. The van der Waals surface area contributed by atoms with Gasteiger partial charge in [0, 0.05) is 16.7 Å². The van der Waals surface area contributed by atoms with Gasteiger partial charge in [-0.15, -0.1) is 0 Å². The highest BCUT2D eigenvalue weighted by atomic mass is 15.0. The fourth-order valence-corrected chi connectivity index (χ4v) is 6.36. The van der Waals surface area contributed by atoms with Crippen molar-refractivity contribution in [2.24, 2.45) is 0 Å². The molecule has 1 heterocycles. The Balaban J connectivity index is 1.18. The zero-order valence-electron chi connectivity index (χ0n) is 27.4. The summed E-state index contributed by atoms with van der Waals surface area (Å²) in [4.78, 5) is 14.7. The molecule has 0 fully saturated rings. The van der Waals surface area contributed by atoms with Crippen LogP contribution in [0.5, 0.6) is 0 Å². The first-order valence-corrected chi connectivity index (χ1v) is 16.4. The molecule has 0 N–H and O–H groups in total. The Morgan fingerprint density at radius 1 is 0.333 bits per heavy atom. The van der Waals surface area contributed by atoms with E-state index in [0.717, 1.165) is 22.1 Å². The molecule has 3 nitrogen and oxygen atoms in total. The molecule has 0 aliphatic rings. The predicted molar refractivity (Wildman–Crippen MR) is 201 cm³/mol. The van der Waals surface area contributed by atoms with Crippen LogP contribution in [0.4, 0.5) is 0 Å². The summed E-state index contributed by atoms with van der Waals surface area (Å²) >= 11 is 0. The zero-order chi connectivity index (χ0) is 32.7. The lowest BCUT2D eigenvalue weighted by Gasteiger charge is -2.19. The van der Waals surface area contributed by atoms with Crippen LogP contribution in [-0.4, -0.2) is 15.0 Å². The number of nitrogens with zero attached hydrogens (tertiary/aromatic N) is 3. The van der Waals surface area contributed by atoms with Gasteiger partial charge in [-0.3, -0.25) is 0 Å². The van der Waals surface area contributed by atoms with Gasteiger partial charge in [0.15, 0.2) is 17.5 Å². The number of benzene rings is 7. The maximum atomic E-state index is 4.93. The lowest BCUT2D eigenvalue weighted by atomic mass is 9.85. The summed E-state index contributed by atoms with van der Waals surface area (Å²) in [5, 5.41) is 4.83. The van der Waals surface area contributed by atoms with Crippen LogP contribution < -0.4 is 0 Å². The van der Waals surface area contributed by atoms with Gasteiger partial charge in [-0.2, -0.15) is 0 Å². The Labute approximate surface area is 281 Å². The first kappa shape index (κ1) is 29.5. The van der Waals surface area contributed by atoms with Crippen molar-refractivity contribution in [3.8, 4) is 56.4 Å². The molecule has 0 unspecified atom stereocenters. The first-order chi connectivity index (χ1) is 23.4. The normalized spacial score (nSPS) is 11.6. The minimum atomic E-state index is 0.102. The van der Waals surface area contributed by atoms with Crippen LogP contribution in [0.1, 0.15) is 26.3 Å². The van der Waals surface area contributed by atoms with Crippen LogP contribution in [0.3, 0.4) is 0 Å². The van der Waals surface area contributed by atoms with E-state index in [0.29, 0.717) is 17.5 Å². The van der Waals surface area contributed by atoms with E-state index in [2.05, 4.69) is 118 Å². The predicted octanol–water partition coefficient (Wildman–Crippen LogP) is 11.8. The third-order valence-corrected chi connectivity index (χ3v) is 9.05. The second-order valence-electron chi connectivity index (χ2n) is 13.4. The van der Waals surface area contributed by atoms with Gasteiger partial charge in [-0.25, -0.2) is 15.0 Å². The van der Waals surface area contributed by atoms with E-state index >= 15 is 0 Å². The van der Waals surface area contributed by atoms with Gasteiger partial charge in [0.2, 0.25) is 0 Å². The molecule has 0 atom stereocenters. The SMILES string of the molecule is CC(C)(C)c1ccc2ccc(-c3ccccc3-c3ccc4cc(-c5nc(-c6ccccc6)nc(-c6ccccc6)n5)ccc4c3)cc2c1.